The maximum absolute atomic E-state index is 12.1. The van der Waals surface area contributed by atoms with Gasteiger partial charge in [-0.2, -0.15) is 0 Å². The molecule has 3 N–H and O–H groups in total. The number of hydrogen-bond acceptors (Lipinski definition) is 7. The quantitative estimate of drug-likeness (QED) is 0.898. The minimum atomic E-state index is -0.168. The number of nitrogens with one attached hydrogen (secondary N) is 1. The predicted octanol–water partition coefficient (Wildman–Crippen LogP) is 1.71. The van der Waals surface area contributed by atoms with Crippen LogP contribution in [0.3, 0.4) is 0 Å². The van der Waals surface area contributed by atoms with E-state index in [1.165, 1.54) is 35.5 Å². The Balaban J connectivity index is 1.67. The van der Waals surface area contributed by atoms with Crippen molar-refractivity contribution in [3.8, 4) is 0 Å². The first kappa shape index (κ1) is 13.3. The van der Waals surface area contributed by atoms with E-state index in [0.29, 0.717) is 17.2 Å². The number of anilines is 2. The Morgan fingerprint density at radius 2 is 2.25 bits per heavy atom. The van der Waals surface area contributed by atoms with E-state index < -0.39 is 0 Å². The number of nitrogens with zero attached hydrogens (tertiary/aromatic N) is 3. The molecule has 3 heterocycles. The number of rotatable bonds is 4. The van der Waals surface area contributed by atoms with E-state index in [1.807, 2.05) is 0 Å². The highest BCUT2D eigenvalue weighted by Crippen LogP contribution is 2.30. The van der Waals surface area contributed by atoms with Gasteiger partial charge in [0.15, 0.2) is 5.13 Å². The molecule has 0 aliphatic carbocycles. The van der Waals surface area contributed by atoms with Crippen molar-refractivity contribution >= 4 is 39.5 Å². The van der Waals surface area contributed by atoms with Crippen LogP contribution in [0.1, 0.15) is 27.4 Å². The molecule has 2 aromatic heterocycles. The average Bonchev–Trinajstić information content (AvgIpc) is 3.17. The number of carbonyl (C=O) groups excluding carboxylic acids is 1. The van der Waals surface area contributed by atoms with Crippen molar-refractivity contribution in [1.82, 2.24) is 15.3 Å². The van der Waals surface area contributed by atoms with Gasteiger partial charge in [-0.15, -0.1) is 11.3 Å². The van der Waals surface area contributed by atoms with E-state index in [2.05, 4.69) is 20.2 Å². The van der Waals surface area contributed by atoms with Gasteiger partial charge in [0.2, 0.25) is 0 Å². The summed E-state index contributed by atoms with van der Waals surface area (Å²) in [5.74, 6) is 0.151. The van der Waals surface area contributed by atoms with Crippen molar-refractivity contribution in [3.63, 3.8) is 0 Å². The van der Waals surface area contributed by atoms with E-state index in [4.69, 9.17) is 5.73 Å². The molecule has 1 saturated heterocycles. The Morgan fingerprint density at radius 3 is 2.95 bits per heavy atom. The predicted molar refractivity (Wildman–Crippen MR) is 81.3 cm³/mol. The van der Waals surface area contributed by atoms with Gasteiger partial charge in [-0.1, -0.05) is 11.3 Å². The third-order valence-electron chi connectivity index (χ3n) is 3.13. The summed E-state index contributed by atoms with van der Waals surface area (Å²) >= 11 is 2.88. The molecule has 0 aromatic carbocycles. The van der Waals surface area contributed by atoms with Crippen LogP contribution < -0.4 is 16.0 Å². The second kappa shape index (κ2) is 5.76. The van der Waals surface area contributed by atoms with Gasteiger partial charge < -0.3 is 16.0 Å². The molecule has 8 heteroatoms. The van der Waals surface area contributed by atoms with Crippen LogP contribution in [0.5, 0.6) is 0 Å². The number of carbonyl (C=O) groups is 1. The summed E-state index contributed by atoms with van der Waals surface area (Å²) in [6.07, 6.45) is 4.09. The SMILES string of the molecule is Nc1nc(N2CCCC2)sc1C(=O)NCc1cncs1. The van der Waals surface area contributed by atoms with Gasteiger partial charge >= 0.3 is 0 Å². The van der Waals surface area contributed by atoms with Gasteiger partial charge in [-0.25, -0.2) is 4.98 Å². The molecule has 106 valence electrons. The van der Waals surface area contributed by atoms with Crippen molar-refractivity contribution in [2.24, 2.45) is 0 Å². The zero-order chi connectivity index (χ0) is 13.9. The number of nitrogens with two attached hydrogens (primary N) is 1. The van der Waals surface area contributed by atoms with Gasteiger partial charge in [-0.05, 0) is 12.8 Å². The molecule has 1 aliphatic rings. The van der Waals surface area contributed by atoms with Crippen LogP contribution in [0.25, 0.3) is 0 Å². The number of aromatic nitrogens is 2. The van der Waals surface area contributed by atoms with Crippen LogP contribution in [-0.2, 0) is 6.54 Å². The van der Waals surface area contributed by atoms with Crippen LogP contribution in [0, 0.1) is 0 Å². The van der Waals surface area contributed by atoms with E-state index in [-0.39, 0.29) is 5.91 Å². The number of amides is 1. The molecule has 1 amide bonds. The van der Waals surface area contributed by atoms with E-state index in [0.717, 1.165) is 23.1 Å². The highest BCUT2D eigenvalue weighted by atomic mass is 32.1. The van der Waals surface area contributed by atoms with Crippen molar-refractivity contribution < 1.29 is 4.79 Å². The van der Waals surface area contributed by atoms with Gasteiger partial charge in [0.05, 0.1) is 12.1 Å². The summed E-state index contributed by atoms with van der Waals surface area (Å²) in [4.78, 5) is 24.1. The molecule has 0 saturated carbocycles. The molecule has 20 heavy (non-hydrogen) atoms. The fourth-order valence-corrected chi connectivity index (χ4v) is 3.59. The summed E-state index contributed by atoms with van der Waals surface area (Å²) in [7, 11) is 0. The van der Waals surface area contributed by atoms with Crippen LogP contribution in [-0.4, -0.2) is 29.0 Å². The summed E-state index contributed by atoms with van der Waals surface area (Å²) in [5, 5.41) is 3.70. The normalized spacial score (nSPS) is 14.7. The van der Waals surface area contributed by atoms with Crippen LogP contribution in [0.2, 0.25) is 0 Å². The Bertz CT molecular complexity index is 589. The van der Waals surface area contributed by atoms with Crippen LogP contribution in [0.4, 0.5) is 10.9 Å². The highest BCUT2D eigenvalue weighted by molar-refractivity contribution is 7.18. The lowest BCUT2D eigenvalue weighted by Crippen LogP contribution is -2.22. The lowest BCUT2D eigenvalue weighted by molar-refractivity contribution is 0.0956. The highest BCUT2D eigenvalue weighted by Gasteiger charge is 2.21. The Labute approximate surface area is 124 Å². The van der Waals surface area contributed by atoms with Gasteiger partial charge in [0.25, 0.3) is 5.91 Å². The minimum Gasteiger partial charge on any atom is -0.382 e. The summed E-state index contributed by atoms with van der Waals surface area (Å²) in [5.41, 5.74) is 7.60. The standard InChI is InChI=1S/C12H15N5OS2/c13-10-9(11(18)15-6-8-5-14-7-19-8)20-12(16-10)17-3-1-2-4-17/h5,7H,1-4,6,13H2,(H,15,18). The molecule has 0 unspecified atom stereocenters. The van der Waals surface area contributed by atoms with E-state index in [1.54, 1.807) is 11.7 Å². The molecular weight excluding hydrogens is 294 g/mol. The Kier molecular flexibility index (Phi) is 3.83. The molecule has 3 rings (SSSR count). The first-order chi connectivity index (χ1) is 9.74. The van der Waals surface area contributed by atoms with E-state index in [9.17, 15) is 4.79 Å². The lowest BCUT2D eigenvalue weighted by Gasteiger charge is -2.11. The van der Waals surface area contributed by atoms with Crippen LogP contribution in [0.15, 0.2) is 11.7 Å². The molecule has 0 radical (unpaired) electrons. The molecule has 0 atom stereocenters. The smallest absolute Gasteiger partial charge is 0.265 e. The number of thiazole rings is 2. The largest absolute Gasteiger partial charge is 0.382 e. The lowest BCUT2D eigenvalue weighted by atomic mass is 10.4. The zero-order valence-electron chi connectivity index (χ0n) is 10.8. The topological polar surface area (TPSA) is 84.1 Å². The van der Waals surface area contributed by atoms with Gasteiger partial charge in [0, 0.05) is 24.2 Å². The maximum atomic E-state index is 12.1. The third kappa shape index (κ3) is 2.75. The van der Waals surface area contributed by atoms with Crippen molar-refractivity contribution in [2.75, 3.05) is 23.7 Å². The fourth-order valence-electron chi connectivity index (χ4n) is 2.10. The number of hydrogen-bond donors (Lipinski definition) is 2. The van der Waals surface area contributed by atoms with Crippen molar-refractivity contribution in [1.29, 1.82) is 0 Å². The molecule has 0 bridgehead atoms. The minimum absolute atomic E-state index is 0.168. The molecule has 0 spiro atoms. The molecule has 2 aromatic rings. The molecule has 1 fully saturated rings. The first-order valence-electron chi connectivity index (χ1n) is 6.41. The Hall–Kier alpha value is -1.67. The fraction of sp³-hybridized carbons (Fsp3) is 0.417. The van der Waals surface area contributed by atoms with Crippen molar-refractivity contribution in [3.05, 3.63) is 21.5 Å². The van der Waals surface area contributed by atoms with Crippen LogP contribution >= 0.6 is 22.7 Å². The summed E-state index contributed by atoms with van der Waals surface area (Å²) in [6, 6.07) is 0. The second-order valence-corrected chi connectivity index (χ2v) is 6.50. The summed E-state index contributed by atoms with van der Waals surface area (Å²) in [6.45, 7) is 2.46. The average molecular weight is 309 g/mol. The van der Waals surface area contributed by atoms with E-state index >= 15 is 0 Å². The molecule has 1 aliphatic heterocycles. The zero-order valence-corrected chi connectivity index (χ0v) is 12.5. The van der Waals surface area contributed by atoms with Gasteiger partial charge in [-0.3, -0.25) is 9.78 Å². The third-order valence-corrected chi connectivity index (χ3v) is 5.04. The molecular formula is C12H15N5OS2. The number of nitrogen functional groups attached to an aromatic ring is 1. The maximum Gasteiger partial charge on any atom is 0.265 e. The molecule has 6 nitrogen and oxygen atoms in total. The van der Waals surface area contributed by atoms with Gasteiger partial charge in [0.1, 0.15) is 10.7 Å². The Morgan fingerprint density at radius 1 is 1.45 bits per heavy atom. The monoisotopic (exact) mass is 309 g/mol. The first-order valence-corrected chi connectivity index (χ1v) is 8.10. The second-order valence-electron chi connectivity index (χ2n) is 4.56. The van der Waals surface area contributed by atoms with Crippen molar-refractivity contribution in [2.45, 2.75) is 19.4 Å². The summed E-state index contributed by atoms with van der Waals surface area (Å²) < 4.78 is 0.